The van der Waals surface area contributed by atoms with Gasteiger partial charge in [0.1, 0.15) is 11.6 Å². The van der Waals surface area contributed by atoms with Gasteiger partial charge in [-0.2, -0.15) is 0 Å². The summed E-state index contributed by atoms with van der Waals surface area (Å²) in [5.74, 6) is -0.607. The lowest BCUT2D eigenvalue weighted by atomic mass is 10.1. The molecule has 0 unspecified atom stereocenters. The van der Waals surface area contributed by atoms with E-state index in [9.17, 15) is 8.78 Å². The quantitative estimate of drug-likeness (QED) is 0.899. The minimum atomic E-state index is -0.319. The van der Waals surface area contributed by atoms with Crippen LogP contribution in [0.25, 0.3) is 0 Å². The monoisotopic (exact) mass is 263 g/mol. The first-order chi connectivity index (χ1) is 9.20. The molecule has 0 aliphatic carbocycles. The Labute approximate surface area is 110 Å². The van der Waals surface area contributed by atoms with E-state index in [1.165, 1.54) is 12.1 Å². The molecule has 2 aromatic carbocycles. The van der Waals surface area contributed by atoms with Crippen LogP contribution in [0.5, 0.6) is 0 Å². The van der Waals surface area contributed by atoms with Gasteiger partial charge in [-0.3, -0.25) is 0 Å². The third-order valence-corrected chi connectivity index (χ3v) is 2.81. The van der Waals surface area contributed by atoms with Crippen LogP contribution in [0.2, 0.25) is 0 Å². The molecule has 0 atom stereocenters. The molecule has 0 bridgehead atoms. The predicted molar refractivity (Wildman–Crippen MR) is 69.2 cm³/mol. The van der Waals surface area contributed by atoms with E-state index >= 15 is 0 Å². The van der Waals surface area contributed by atoms with Gasteiger partial charge in [-0.1, -0.05) is 24.3 Å². The Morgan fingerprint density at radius 2 is 1.63 bits per heavy atom. The van der Waals surface area contributed by atoms with Gasteiger partial charge in [0.25, 0.3) is 0 Å². The Morgan fingerprint density at radius 1 is 0.895 bits per heavy atom. The molecular formula is C15H15F2NO. The molecule has 2 nitrogen and oxygen atoms in total. The van der Waals surface area contributed by atoms with Crippen LogP contribution < -0.4 is 5.73 Å². The zero-order chi connectivity index (χ0) is 13.7. The minimum absolute atomic E-state index is 0.146. The molecule has 0 spiro atoms. The number of hydrogen-bond donors (Lipinski definition) is 1. The summed E-state index contributed by atoms with van der Waals surface area (Å²) in [5.41, 5.74) is 7.20. The van der Waals surface area contributed by atoms with Crippen molar-refractivity contribution in [2.75, 3.05) is 0 Å². The first-order valence-corrected chi connectivity index (χ1v) is 5.99. The van der Waals surface area contributed by atoms with Gasteiger partial charge in [-0.25, -0.2) is 8.78 Å². The lowest BCUT2D eigenvalue weighted by molar-refractivity contribution is 0.105. The summed E-state index contributed by atoms with van der Waals surface area (Å²) in [6, 6.07) is 11.1. The normalized spacial score (nSPS) is 10.7. The van der Waals surface area contributed by atoms with Gasteiger partial charge in [0.2, 0.25) is 0 Å². The first-order valence-electron chi connectivity index (χ1n) is 5.99. The lowest BCUT2D eigenvalue weighted by Crippen LogP contribution is -2.02. The van der Waals surface area contributed by atoms with Crippen molar-refractivity contribution in [3.8, 4) is 0 Å². The van der Waals surface area contributed by atoms with Crippen molar-refractivity contribution in [1.82, 2.24) is 0 Å². The van der Waals surface area contributed by atoms with E-state index in [0.717, 1.165) is 5.56 Å². The van der Waals surface area contributed by atoms with Gasteiger partial charge in [0, 0.05) is 17.7 Å². The predicted octanol–water partition coefficient (Wildman–Crippen LogP) is 3.14. The molecule has 2 rings (SSSR count). The van der Waals surface area contributed by atoms with E-state index in [2.05, 4.69) is 0 Å². The van der Waals surface area contributed by atoms with Gasteiger partial charge in [0.15, 0.2) is 0 Å². The lowest BCUT2D eigenvalue weighted by Gasteiger charge is -2.07. The molecule has 0 amide bonds. The van der Waals surface area contributed by atoms with Crippen LogP contribution in [-0.2, 0) is 24.5 Å². The molecule has 2 N–H and O–H groups in total. The van der Waals surface area contributed by atoms with E-state index in [1.54, 1.807) is 30.3 Å². The van der Waals surface area contributed by atoms with Gasteiger partial charge in [0.05, 0.1) is 13.2 Å². The van der Waals surface area contributed by atoms with E-state index in [-0.39, 0.29) is 24.8 Å². The highest BCUT2D eigenvalue weighted by Gasteiger charge is 2.04. The highest BCUT2D eigenvalue weighted by atomic mass is 19.1. The smallest absolute Gasteiger partial charge is 0.128 e. The van der Waals surface area contributed by atoms with Gasteiger partial charge >= 0.3 is 0 Å². The van der Waals surface area contributed by atoms with Crippen molar-refractivity contribution in [2.45, 2.75) is 19.8 Å². The largest absolute Gasteiger partial charge is 0.372 e. The molecule has 19 heavy (non-hydrogen) atoms. The molecule has 0 fully saturated rings. The molecular weight excluding hydrogens is 248 g/mol. The molecule has 0 aliphatic heterocycles. The number of rotatable bonds is 5. The summed E-state index contributed by atoms with van der Waals surface area (Å²) in [7, 11) is 0. The first kappa shape index (κ1) is 13.6. The Hall–Kier alpha value is -1.78. The number of ether oxygens (including phenoxy) is 1. The molecule has 0 saturated heterocycles. The number of hydrogen-bond acceptors (Lipinski definition) is 2. The molecule has 100 valence electrons. The summed E-state index contributed by atoms with van der Waals surface area (Å²) in [6.45, 7) is 0.622. The van der Waals surface area contributed by atoms with Gasteiger partial charge < -0.3 is 10.5 Å². The van der Waals surface area contributed by atoms with Crippen molar-refractivity contribution >= 4 is 0 Å². The second-order valence-electron chi connectivity index (χ2n) is 4.21. The van der Waals surface area contributed by atoms with Crippen LogP contribution in [0, 0.1) is 11.6 Å². The zero-order valence-corrected chi connectivity index (χ0v) is 10.4. The van der Waals surface area contributed by atoms with Crippen molar-refractivity contribution < 1.29 is 13.5 Å². The number of halogens is 2. The third kappa shape index (κ3) is 3.59. The summed E-state index contributed by atoms with van der Waals surface area (Å²) in [4.78, 5) is 0. The third-order valence-electron chi connectivity index (χ3n) is 2.81. The van der Waals surface area contributed by atoms with E-state index in [1.807, 2.05) is 0 Å². The fourth-order valence-corrected chi connectivity index (χ4v) is 1.77. The maximum absolute atomic E-state index is 13.3. The van der Waals surface area contributed by atoms with Crippen LogP contribution in [-0.4, -0.2) is 0 Å². The Bertz CT molecular complexity index is 558. The zero-order valence-electron chi connectivity index (χ0n) is 10.4. The maximum atomic E-state index is 13.3. The molecule has 0 aliphatic rings. The number of nitrogens with two attached hydrogens (primary N) is 1. The molecule has 4 heteroatoms. The van der Waals surface area contributed by atoms with Crippen molar-refractivity contribution in [3.05, 3.63) is 70.8 Å². The average Bonchev–Trinajstić information content (AvgIpc) is 2.43. The second-order valence-corrected chi connectivity index (χ2v) is 4.21. The van der Waals surface area contributed by atoms with Crippen LogP contribution in [0.15, 0.2) is 42.5 Å². The average molecular weight is 263 g/mol. The van der Waals surface area contributed by atoms with E-state index in [4.69, 9.17) is 10.5 Å². The van der Waals surface area contributed by atoms with E-state index < -0.39 is 0 Å². The SMILES string of the molecule is NCc1cc(COCc2ccccc2F)ccc1F. The second kappa shape index (κ2) is 6.41. The van der Waals surface area contributed by atoms with Crippen LogP contribution in [0.4, 0.5) is 8.78 Å². The molecule has 2 aromatic rings. The summed E-state index contributed by atoms with van der Waals surface area (Å²) in [6.07, 6.45) is 0. The Kier molecular flexibility index (Phi) is 4.60. The summed E-state index contributed by atoms with van der Waals surface area (Å²) >= 11 is 0. The molecule has 0 heterocycles. The summed E-state index contributed by atoms with van der Waals surface area (Å²) < 4.78 is 32.0. The Morgan fingerprint density at radius 3 is 2.37 bits per heavy atom. The van der Waals surface area contributed by atoms with Crippen molar-refractivity contribution in [2.24, 2.45) is 5.73 Å². The van der Waals surface area contributed by atoms with Crippen LogP contribution in [0.1, 0.15) is 16.7 Å². The Balaban J connectivity index is 1.94. The van der Waals surface area contributed by atoms with Crippen molar-refractivity contribution in [3.63, 3.8) is 0 Å². The number of benzene rings is 2. The fourth-order valence-electron chi connectivity index (χ4n) is 1.77. The minimum Gasteiger partial charge on any atom is -0.372 e. The van der Waals surface area contributed by atoms with E-state index in [0.29, 0.717) is 17.7 Å². The topological polar surface area (TPSA) is 35.2 Å². The van der Waals surface area contributed by atoms with Gasteiger partial charge in [-0.15, -0.1) is 0 Å². The highest BCUT2D eigenvalue weighted by Crippen LogP contribution is 2.13. The summed E-state index contributed by atoms with van der Waals surface area (Å²) in [5, 5.41) is 0. The van der Waals surface area contributed by atoms with Crippen LogP contribution in [0.3, 0.4) is 0 Å². The molecule has 0 aromatic heterocycles. The van der Waals surface area contributed by atoms with Gasteiger partial charge in [-0.05, 0) is 23.8 Å². The van der Waals surface area contributed by atoms with Crippen molar-refractivity contribution in [1.29, 1.82) is 0 Å². The van der Waals surface area contributed by atoms with Crippen LogP contribution >= 0.6 is 0 Å². The maximum Gasteiger partial charge on any atom is 0.128 e. The highest BCUT2D eigenvalue weighted by molar-refractivity contribution is 5.24. The fraction of sp³-hybridized carbons (Fsp3) is 0.200. The molecule has 0 radical (unpaired) electrons. The standard InChI is InChI=1S/C15H15F2NO/c16-14-4-2-1-3-12(14)10-19-9-11-5-6-15(17)13(7-11)8-18/h1-7H,8-10,18H2. The molecule has 0 saturated carbocycles.